The number of esters is 1. The average Bonchev–Trinajstić information content (AvgIpc) is 3.10. The Morgan fingerprint density at radius 1 is 1.04 bits per heavy atom. The summed E-state index contributed by atoms with van der Waals surface area (Å²) in [4.78, 5) is 14.6. The molecule has 0 saturated carbocycles. The Hall–Kier alpha value is -1.95. The normalized spacial score (nSPS) is 14.6. The quantitative estimate of drug-likeness (QED) is 0.541. The van der Waals surface area contributed by atoms with E-state index in [-0.39, 0.29) is 5.97 Å². The molecule has 6 heteroatoms. The van der Waals surface area contributed by atoms with Crippen molar-refractivity contribution in [2.75, 3.05) is 47.6 Å². The molecule has 0 N–H and O–H groups in total. The molecule has 1 aromatic rings. The van der Waals surface area contributed by atoms with E-state index in [2.05, 4.69) is 4.90 Å². The zero-order valence-corrected chi connectivity index (χ0v) is 14.1. The van der Waals surface area contributed by atoms with Gasteiger partial charge in [0.2, 0.25) is 5.75 Å². The van der Waals surface area contributed by atoms with Gasteiger partial charge in [-0.05, 0) is 44.5 Å². The molecule has 1 aromatic carbocycles. The number of carbonyl (C=O) groups is 1. The lowest BCUT2D eigenvalue weighted by Crippen LogP contribution is -2.22. The second-order valence-corrected chi connectivity index (χ2v) is 5.45. The first kappa shape index (κ1) is 17.4. The third-order valence-electron chi connectivity index (χ3n) is 3.95. The van der Waals surface area contributed by atoms with Crippen LogP contribution in [-0.4, -0.2) is 58.4 Å². The van der Waals surface area contributed by atoms with E-state index in [1.807, 2.05) is 0 Å². The van der Waals surface area contributed by atoms with Crippen molar-refractivity contribution in [3.63, 3.8) is 0 Å². The molecule has 0 bridgehead atoms. The number of methoxy groups -OCH3 is 3. The summed E-state index contributed by atoms with van der Waals surface area (Å²) in [6, 6.07) is 3.20. The standard InChI is InChI=1S/C17H25NO5/c1-20-14-11-13(12-15(21-2)16(14)22-3)17(19)23-10-6-9-18-7-4-5-8-18/h11-12H,4-10H2,1-3H3. The van der Waals surface area contributed by atoms with Crippen LogP contribution in [0.4, 0.5) is 0 Å². The number of hydrogen-bond acceptors (Lipinski definition) is 6. The minimum absolute atomic E-state index is 0.384. The van der Waals surface area contributed by atoms with Gasteiger partial charge in [0.15, 0.2) is 11.5 Å². The van der Waals surface area contributed by atoms with E-state index in [1.165, 1.54) is 34.2 Å². The zero-order valence-electron chi connectivity index (χ0n) is 14.1. The maximum absolute atomic E-state index is 12.2. The summed E-state index contributed by atoms with van der Waals surface area (Å²) in [5.74, 6) is 0.956. The third kappa shape index (κ3) is 4.51. The summed E-state index contributed by atoms with van der Waals surface area (Å²) in [6.07, 6.45) is 3.38. The largest absolute Gasteiger partial charge is 0.493 e. The Balaban J connectivity index is 1.92. The van der Waals surface area contributed by atoms with Crippen molar-refractivity contribution >= 4 is 5.97 Å². The molecular formula is C17H25NO5. The number of benzene rings is 1. The molecule has 6 nitrogen and oxygen atoms in total. The molecule has 128 valence electrons. The van der Waals surface area contributed by atoms with Crippen LogP contribution in [-0.2, 0) is 4.74 Å². The highest BCUT2D eigenvalue weighted by Gasteiger charge is 2.18. The van der Waals surface area contributed by atoms with Crippen LogP contribution in [0.15, 0.2) is 12.1 Å². The molecular weight excluding hydrogens is 298 g/mol. The van der Waals surface area contributed by atoms with E-state index < -0.39 is 0 Å². The number of hydrogen-bond donors (Lipinski definition) is 0. The van der Waals surface area contributed by atoms with Crippen LogP contribution in [0, 0.1) is 0 Å². The molecule has 1 heterocycles. The summed E-state index contributed by atoms with van der Waals surface area (Å²) in [7, 11) is 4.56. The number of carbonyl (C=O) groups excluding carboxylic acids is 1. The second kappa shape index (κ2) is 8.62. The Kier molecular flexibility index (Phi) is 6.52. The van der Waals surface area contributed by atoms with Crippen molar-refractivity contribution in [2.45, 2.75) is 19.3 Å². The Bertz CT molecular complexity index is 501. The molecule has 1 fully saturated rings. The predicted octanol–water partition coefficient (Wildman–Crippen LogP) is 2.36. The van der Waals surface area contributed by atoms with Crippen molar-refractivity contribution in [2.24, 2.45) is 0 Å². The van der Waals surface area contributed by atoms with Gasteiger partial charge < -0.3 is 23.8 Å². The summed E-state index contributed by atoms with van der Waals surface area (Å²) >= 11 is 0. The fraction of sp³-hybridized carbons (Fsp3) is 0.588. The van der Waals surface area contributed by atoms with Gasteiger partial charge in [-0.2, -0.15) is 0 Å². The number of ether oxygens (including phenoxy) is 4. The van der Waals surface area contributed by atoms with Crippen LogP contribution in [0.2, 0.25) is 0 Å². The van der Waals surface area contributed by atoms with E-state index in [9.17, 15) is 4.79 Å². The molecule has 0 spiro atoms. The van der Waals surface area contributed by atoms with Gasteiger partial charge in [-0.1, -0.05) is 0 Å². The Labute approximate surface area is 137 Å². The molecule has 0 atom stereocenters. The van der Waals surface area contributed by atoms with Crippen LogP contribution in [0.1, 0.15) is 29.6 Å². The van der Waals surface area contributed by atoms with Crippen LogP contribution >= 0.6 is 0 Å². The molecule has 0 radical (unpaired) electrons. The van der Waals surface area contributed by atoms with E-state index >= 15 is 0 Å². The van der Waals surface area contributed by atoms with Crippen LogP contribution < -0.4 is 14.2 Å². The first-order valence-corrected chi connectivity index (χ1v) is 7.89. The van der Waals surface area contributed by atoms with Crippen molar-refractivity contribution < 1.29 is 23.7 Å². The maximum atomic E-state index is 12.2. The fourth-order valence-corrected chi connectivity index (χ4v) is 2.74. The van der Waals surface area contributed by atoms with Crippen molar-refractivity contribution in [1.82, 2.24) is 4.90 Å². The molecule has 23 heavy (non-hydrogen) atoms. The fourth-order valence-electron chi connectivity index (χ4n) is 2.74. The van der Waals surface area contributed by atoms with Gasteiger partial charge >= 0.3 is 5.97 Å². The Morgan fingerprint density at radius 3 is 2.17 bits per heavy atom. The monoisotopic (exact) mass is 323 g/mol. The number of likely N-dealkylation sites (tertiary alicyclic amines) is 1. The first-order chi connectivity index (χ1) is 11.2. The second-order valence-electron chi connectivity index (χ2n) is 5.45. The van der Waals surface area contributed by atoms with E-state index in [1.54, 1.807) is 12.1 Å². The molecule has 0 unspecified atom stereocenters. The number of nitrogens with zero attached hydrogens (tertiary/aromatic N) is 1. The number of rotatable bonds is 8. The van der Waals surface area contributed by atoms with E-state index in [0.29, 0.717) is 29.4 Å². The van der Waals surface area contributed by atoms with Crippen molar-refractivity contribution in [3.05, 3.63) is 17.7 Å². The first-order valence-electron chi connectivity index (χ1n) is 7.89. The topological polar surface area (TPSA) is 57.2 Å². The Morgan fingerprint density at radius 2 is 1.65 bits per heavy atom. The summed E-state index contributed by atoms with van der Waals surface area (Å²) in [5, 5.41) is 0. The zero-order chi connectivity index (χ0) is 16.7. The lowest BCUT2D eigenvalue weighted by Gasteiger charge is -2.15. The van der Waals surface area contributed by atoms with Crippen molar-refractivity contribution in [1.29, 1.82) is 0 Å². The lowest BCUT2D eigenvalue weighted by molar-refractivity contribution is 0.0490. The predicted molar refractivity (Wildman–Crippen MR) is 86.7 cm³/mol. The average molecular weight is 323 g/mol. The highest BCUT2D eigenvalue weighted by molar-refractivity contribution is 5.91. The lowest BCUT2D eigenvalue weighted by atomic mass is 10.2. The smallest absolute Gasteiger partial charge is 0.338 e. The van der Waals surface area contributed by atoms with Gasteiger partial charge in [-0.15, -0.1) is 0 Å². The van der Waals surface area contributed by atoms with Gasteiger partial charge in [0.25, 0.3) is 0 Å². The molecule has 2 rings (SSSR count). The minimum Gasteiger partial charge on any atom is -0.493 e. The molecule has 0 aromatic heterocycles. The van der Waals surface area contributed by atoms with E-state index in [4.69, 9.17) is 18.9 Å². The van der Waals surface area contributed by atoms with Crippen LogP contribution in [0.5, 0.6) is 17.2 Å². The van der Waals surface area contributed by atoms with Gasteiger partial charge in [0.05, 0.1) is 33.5 Å². The summed E-state index contributed by atoms with van der Waals surface area (Å²) in [6.45, 7) is 3.69. The summed E-state index contributed by atoms with van der Waals surface area (Å²) in [5.41, 5.74) is 0.390. The van der Waals surface area contributed by atoms with Crippen molar-refractivity contribution in [3.8, 4) is 17.2 Å². The molecule has 0 amide bonds. The SMILES string of the molecule is COc1cc(C(=O)OCCCN2CCCC2)cc(OC)c1OC. The highest BCUT2D eigenvalue weighted by Crippen LogP contribution is 2.38. The van der Waals surface area contributed by atoms with Crippen LogP contribution in [0.3, 0.4) is 0 Å². The minimum atomic E-state index is -0.384. The van der Waals surface area contributed by atoms with Crippen LogP contribution in [0.25, 0.3) is 0 Å². The van der Waals surface area contributed by atoms with Gasteiger partial charge in [-0.25, -0.2) is 4.79 Å². The molecule has 1 aliphatic heterocycles. The third-order valence-corrected chi connectivity index (χ3v) is 3.95. The highest BCUT2D eigenvalue weighted by atomic mass is 16.5. The maximum Gasteiger partial charge on any atom is 0.338 e. The van der Waals surface area contributed by atoms with Gasteiger partial charge in [-0.3, -0.25) is 0 Å². The van der Waals surface area contributed by atoms with Gasteiger partial charge in [0, 0.05) is 6.54 Å². The van der Waals surface area contributed by atoms with E-state index in [0.717, 1.165) is 26.1 Å². The molecule has 1 saturated heterocycles. The summed E-state index contributed by atoms with van der Waals surface area (Å²) < 4.78 is 21.1. The molecule has 1 aliphatic rings. The van der Waals surface area contributed by atoms with Gasteiger partial charge in [0.1, 0.15) is 0 Å². The molecule has 0 aliphatic carbocycles.